The number of hydrogen-bond donors (Lipinski definition) is 2. The maximum Gasteiger partial charge on any atom is 0.573 e. The third kappa shape index (κ3) is 4.00. The zero-order chi connectivity index (χ0) is 17.2. The van der Waals surface area contributed by atoms with E-state index in [-0.39, 0.29) is 17.5 Å². The molecule has 8 heteroatoms. The van der Waals surface area contributed by atoms with Crippen molar-refractivity contribution >= 4 is 11.3 Å². The molecule has 1 atom stereocenters. The Kier molecular flexibility index (Phi) is 4.98. The topological polar surface area (TPSA) is 44.7 Å². The van der Waals surface area contributed by atoms with Gasteiger partial charge in [-0.3, -0.25) is 4.90 Å². The number of nitrogens with one attached hydrogen (secondary N) is 1. The molecule has 4 nitrogen and oxygen atoms in total. The smallest absolute Gasteiger partial charge is 0.508 e. The second-order valence-electron chi connectivity index (χ2n) is 5.51. The number of thiophene rings is 1. The summed E-state index contributed by atoms with van der Waals surface area (Å²) in [6, 6.07) is 5.25. The van der Waals surface area contributed by atoms with Crippen molar-refractivity contribution in [3.05, 3.63) is 46.2 Å². The number of ether oxygens (including phenoxy) is 1. The van der Waals surface area contributed by atoms with E-state index < -0.39 is 6.36 Å². The largest absolute Gasteiger partial charge is 0.573 e. The summed E-state index contributed by atoms with van der Waals surface area (Å²) in [4.78, 5) is 2.14. The lowest BCUT2D eigenvalue weighted by Gasteiger charge is -2.35. The summed E-state index contributed by atoms with van der Waals surface area (Å²) in [5.41, 5.74) is 1.36. The van der Waals surface area contributed by atoms with Crippen molar-refractivity contribution in [2.24, 2.45) is 0 Å². The standard InChI is InChI=1S/C16H17F3N2O2S/c17-16(18,19)23-12-1-2-14(22)13(9-12)15(11-3-8-24-10-11)21-6-4-20-5-7-21/h1-3,8-10,15,20,22H,4-7H2/t15-/m0/s1. The van der Waals surface area contributed by atoms with Crippen LogP contribution >= 0.6 is 11.3 Å². The molecule has 0 radical (unpaired) electrons. The number of phenolic OH excluding ortho intramolecular Hbond substituents is 1. The van der Waals surface area contributed by atoms with E-state index in [0.29, 0.717) is 5.56 Å². The summed E-state index contributed by atoms with van der Waals surface area (Å²) >= 11 is 1.51. The Bertz CT molecular complexity index is 670. The molecule has 0 saturated carbocycles. The van der Waals surface area contributed by atoms with Gasteiger partial charge in [0.05, 0.1) is 6.04 Å². The van der Waals surface area contributed by atoms with E-state index >= 15 is 0 Å². The van der Waals surface area contributed by atoms with Gasteiger partial charge in [-0.15, -0.1) is 13.2 Å². The number of phenols is 1. The molecule has 24 heavy (non-hydrogen) atoms. The number of aromatic hydroxyl groups is 1. The first-order valence-corrected chi connectivity index (χ1v) is 8.44. The Hall–Kier alpha value is -1.77. The predicted octanol–water partition coefficient (Wildman–Crippen LogP) is 3.35. The molecule has 2 N–H and O–H groups in total. The Labute approximate surface area is 141 Å². The lowest BCUT2D eigenvalue weighted by atomic mass is 9.97. The van der Waals surface area contributed by atoms with Crippen LogP contribution in [0.4, 0.5) is 13.2 Å². The molecule has 130 valence electrons. The van der Waals surface area contributed by atoms with Crippen LogP contribution in [0.15, 0.2) is 35.0 Å². The molecule has 1 aromatic heterocycles. The molecule has 0 spiro atoms. The van der Waals surface area contributed by atoms with Gasteiger partial charge in [0.2, 0.25) is 0 Å². The lowest BCUT2D eigenvalue weighted by molar-refractivity contribution is -0.274. The average Bonchev–Trinajstić information content (AvgIpc) is 3.04. The fourth-order valence-electron chi connectivity index (χ4n) is 2.91. The van der Waals surface area contributed by atoms with E-state index in [1.165, 1.54) is 23.5 Å². The molecule has 0 unspecified atom stereocenters. The fraction of sp³-hybridized carbons (Fsp3) is 0.375. The van der Waals surface area contributed by atoms with Crippen molar-refractivity contribution in [3.8, 4) is 11.5 Å². The van der Waals surface area contributed by atoms with E-state index in [1.54, 1.807) is 0 Å². The summed E-state index contributed by atoms with van der Waals surface area (Å²) in [5.74, 6) is -0.370. The first-order valence-electron chi connectivity index (χ1n) is 7.49. The molecule has 3 rings (SSSR count). The van der Waals surface area contributed by atoms with Gasteiger partial charge in [0.15, 0.2) is 0 Å². The quantitative estimate of drug-likeness (QED) is 0.880. The van der Waals surface area contributed by atoms with Gasteiger partial charge in [-0.2, -0.15) is 11.3 Å². The van der Waals surface area contributed by atoms with E-state index in [0.717, 1.165) is 37.8 Å². The maximum absolute atomic E-state index is 12.5. The molecular weight excluding hydrogens is 341 g/mol. The molecule has 1 fully saturated rings. The minimum absolute atomic E-state index is 0.0424. The maximum atomic E-state index is 12.5. The summed E-state index contributed by atoms with van der Waals surface area (Å²) in [6.45, 7) is 3.06. The van der Waals surface area contributed by atoms with Gasteiger partial charge in [-0.05, 0) is 40.6 Å². The van der Waals surface area contributed by atoms with Crippen molar-refractivity contribution in [2.75, 3.05) is 26.2 Å². The number of rotatable bonds is 4. The van der Waals surface area contributed by atoms with Crippen LogP contribution in [-0.4, -0.2) is 42.5 Å². The van der Waals surface area contributed by atoms with Crippen molar-refractivity contribution < 1.29 is 23.0 Å². The van der Waals surface area contributed by atoms with Gasteiger partial charge in [-0.1, -0.05) is 0 Å². The summed E-state index contributed by atoms with van der Waals surface area (Å²) in [6.07, 6.45) is -4.76. The highest BCUT2D eigenvalue weighted by Crippen LogP contribution is 2.38. The van der Waals surface area contributed by atoms with Gasteiger partial charge in [0.1, 0.15) is 11.5 Å². The number of alkyl halides is 3. The molecule has 0 bridgehead atoms. The molecule has 1 aliphatic heterocycles. The molecule has 0 aliphatic carbocycles. The zero-order valence-corrected chi connectivity index (χ0v) is 13.5. The van der Waals surface area contributed by atoms with Crippen molar-refractivity contribution in [3.63, 3.8) is 0 Å². The fourth-order valence-corrected chi connectivity index (χ4v) is 3.59. The van der Waals surface area contributed by atoms with Gasteiger partial charge >= 0.3 is 6.36 Å². The minimum Gasteiger partial charge on any atom is -0.508 e. The highest BCUT2D eigenvalue weighted by atomic mass is 32.1. The monoisotopic (exact) mass is 358 g/mol. The van der Waals surface area contributed by atoms with E-state index in [1.807, 2.05) is 16.8 Å². The highest BCUT2D eigenvalue weighted by molar-refractivity contribution is 7.08. The van der Waals surface area contributed by atoms with E-state index in [9.17, 15) is 18.3 Å². The molecule has 1 aliphatic rings. The minimum atomic E-state index is -4.76. The van der Waals surface area contributed by atoms with Crippen LogP contribution in [0.2, 0.25) is 0 Å². The average molecular weight is 358 g/mol. The van der Waals surface area contributed by atoms with Gasteiger partial charge in [-0.25, -0.2) is 0 Å². The second kappa shape index (κ2) is 7.00. The summed E-state index contributed by atoms with van der Waals surface area (Å²) in [5, 5.41) is 17.4. The Morgan fingerprint density at radius 1 is 1.21 bits per heavy atom. The van der Waals surface area contributed by atoms with Crippen LogP contribution in [0, 0.1) is 0 Å². The molecule has 0 amide bonds. The first-order chi connectivity index (χ1) is 11.4. The van der Waals surface area contributed by atoms with Crippen LogP contribution < -0.4 is 10.1 Å². The third-order valence-corrected chi connectivity index (χ3v) is 4.60. The van der Waals surface area contributed by atoms with Crippen LogP contribution in [-0.2, 0) is 0 Å². The Balaban J connectivity index is 1.99. The molecule has 1 saturated heterocycles. The number of benzene rings is 1. The number of hydrogen-bond acceptors (Lipinski definition) is 5. The van der Waals surface area contributed by atoms with Gasteiger partial charge in [0.25, 0.3) is 0 Å². The van der Waals surface area contributed by atoms with E-state index in [2.05, 4.69) is 15.0 Å². The second-order valence-corrected chi connectivity index (χ2v) is 6.29. The highest BCUT2D eigenvalue weighted by Gasteiger charge is 2.32. The molecular formula is C16H17F3N2O2S. The number of piperazine rings is 1. The van der Waals surface area contributed by atoms with Gasteiger partial charge in [0, 0.05) is 31.7 Å². The SMILES string of the molecule is Oc1ccc(OC(F)(F)F)cc1[C@H](c1ccsc1)N1CCNCC1. The summed E-state index contributed by atoms with van der Waals surface area (Å²) < 4.78 is 41.5. The zero-order valence-electron chi connectivity index (χ0n) is 12.7. The van der Waals surface area contributed by atoms with Crippen LogP contribution in [0.3, 0.4) is 0 Å². The normalized spacial score (nSPS) is 17.6. The predicted molar refractivity (Wildman–Crippen MR) is 85.4 cm³/mol. The molecule has 2 heterocycles. The number of nitrogens with zero attached hydrogens (tertiary/aromatic N) is 1. The van der Waals surface area contributed by atoms with E-state index in [4.69, 9.17) is 0 Å². The molecule has 1 aromatic carbocycles. The van der Waals surface area contributed by atoms with Crippen molar-refractivity contribution in [2.45, 2.75) is 12.4 Å². The van der Waals surface area contributed by atoms with Gasteiger partial charge < -0.3 is 15.2 Å². The third-order valence-electron chi connectivity index (χ3n) is 3.90. The van der Waals surface area contributed by atoms with Crippen LogP contribution in [0.1, 0.15) is 17.2 Å². The first kappa shape index (κ1) is 17.1. The lowest BCUT2D eigenvalue weighted by Crippen LogP contribution is -2.45. The Morgan fingerprint density at radius 3 is 2.58 bits per heavy atom. The van der Waals surface area contributed by atoms with Crippen molar-refractivity contribution in [1.82, 2.24) is 10.2 Å². The molecule has 2 aromatic rings. The Morgan fingerprint density at radius 2 is 1.96 bits per heavy atom. The summed E-state index contributed by atoms with van der Waals surface area (Å²) in [7, 11) is 0. The van der Waals surface area contributed by atoms with Crippen LogP contribution in [0.5, 0.6) is 11.5 Å². The number of halogens is 3. The van der Waals surface area contributed by atoms with Crippen LogP contribution in [0.25, 0.3) is 0 Å². The van der Waals surface area contributed by atoms with Crippen molar-refractivity contribution in [1.29, 1.82) is 0 Å².